The highest BCUT2D eigenvalue weighted by molar-refractivity contribution is 5.73. The lowest BCUT2D eigenvalue weighted by molar-refractivity contribution is -0.192. The third-order valence-electron chi connectivity index (χ3n) is 4.06. The fraction of sp³-hybridized carbons (Fsp3) is 0.500. The van der Waals surface area contributed by atoms with Gasteiger partial charge in [-0.15, -0.1) is 0 Å². The molecule has 2 rings (SSSR count). The number of hydrogen-bond donors (Lipinski definition) is 3. The number of ether oxygens (including phenoxy) is 1. The fourth-order valence-corrected chi connectivity index (χ4v) is 2.26. The van der Waals surface area contributed by atoms with Crippen molar-refractivity contribution in [1.82, 2.24) is 15.1 Å². The van der Waals surface area contributed by atoms with Gasteiger partial charge in [-0.25, -0.2) is 4.79 Å². The van der Waals surface area contributed by atoms with Crippen LogP contribution in [0.3, 0.4) is 0 Å². The molecule has 0 fully saturated rings. The Balaban J connectivity index is 0.000000553. The second-order valence-corrected chi connectivity index (χ2v) is 7.67. The number of carboxylic acids is 1. The van der Waals surface area contributed by atoms with Gasteiger partial charge in [0.15, 0.2) is 0 Å². The summed E-state index contributed by atoms with van der Waals surface area (Å²) in [6.45, 7) is 9.88. The maximum Gasteiger partial charge on any atom is 0.490 e. The quantitative estimate of drug-likeness (QED) is 0.649. The molecule has 0 saturated carbocycles. The van der Waals surface area contributed by atoms with E-state index in [-0.39, 0.29) is 11.6 Å². The van der Waals surface area contributed by atoms with Gasteiger partial charge in [0.25, 0.3) is 0 Å². The zero-order valence-electron chi connectivity index (χ0n) is 17.7. The van der Waals surface area contributed by atoms with E-state index in [0.29, 0.717) is 6.54 Å². The Kier molecular flexibility index (Phi) is 8.86. The van der Waals surface area contributed by atoms with Gasteiger partial charge in [-0.2, -0.15) is 18.3 Å². The Hall–Kier alpha value is -2.59. The Labute approximate surface area is 174 Å². The van der Waals surface area contributed by atoms with Crippen LogP contribution in [0.25, 0.3) is 11.3 Å². The van der Waals surface area contributed by atoms with Gasteiger partial charge in [0, 0.05) is 36.5 Å². The number of carboxylic acid groups (broad SMARTS) is 1. The number of hydrogen-bond acceptors (Lipinski definition) is 5. The first-order chi connectivity index (χ1) is 13.8. The lowest BCUT2D eigenvalue weighted by Gasteiger charge is -2.19. The van der Waals surface area contributed by atoms with Crippen LogP contribution in [0.2, 0.25) is 0 Å². The second-order valence-electron chi connectivity index (χ2n) is 7.67. The molecule has 0 unspecified atom stereocenters. The number of aromatic nitrogens is 2. The molecule has 10 heteroatoms. The van der Waals surface area contributed by atoms with E-state index in [1.807, 2.05) is 22.9 Å². The van der Waals surface area contributed by atoms with Crippen molar-refractivity contribution in [3.05, 3.63) is 36.0 Å². The van der Waals surface area contributed by atoms with Crippen molar-refractivity contribution in [2.24, 2.45) is 5.73 Å². The Morgan fingerprint density at radius 3 is 2.40 bits per heavy atom. The number of nitrogens with two attached hydrogens (primary N) is 1. The van der Waals surface area contributed by atoms with Crippen LogP contribution in [0.4, 0.5) is 13.2 Å². The van der Waals surface area contributed by atoms with E-state index in [2.05, 4.69) is 45.3 Å². The van der Waals surface area contributed by atoms with Gasteiger partial charge in [-0.05, 0) is 39.8 Å². The van der Waals surface area contributed by atoms with Gasteiger partial charge in [-0.3, -0.25) is 4.68 Å². The standard InChI is InChI=1S/C18H28N4O.C2HF3O2/c1-13(10-19)20-11-15-12-22(18(2,3)4)21-17(15)14-7-6-8-16(9-14)23-5;3-2(4,5)1(6)7/h6-9,12-13,20H,10-11,19H2,1-5H3;(H,6,7)/t13-;/m0./s1. The molecular weight excluding hydrogens is 401 g/mol. The molecule has 0 amide bonds. The Bertz CT molecular complexity index is 829. The van der Waals surface area contributed by atoms with E-state index in [0.717, 1.165) is 29.1 Å². The van der Waals surface area contributed by atoms with Crippen LogP contribution in [-0.2, 0) is 16.9 Å². The highest BCUT2D eigenvalue weighted by Crippen LogP contribution is 2.28. The molecule has 0 aliphatic rings. The minimum atomic E-state index is -5.08. The molecule has 0 bridgehead atoms. The summed E-state index contributed by atoms with van der Waals surface area (Å²) in [7, 11) is 1.68. The summed E-state index contributed by atoms with van der Waals surface area (Å²) in [5.74, 6) is -1.92. The number of methoxy groups -OCH3 is 1. The maximum atomic E-state index is 10.6. The first-order valence-electron chi connectivity index (χ1n) is 9.26. The van der Waals surface area contributed by atoms with Crippen LogP contribution in [0.5, 0.6) is 5.75 Å². The molecule has 0 saturated heterocycles. The average Bonchev–Trinajstić information content (AvgIpc) is 3.10. The van der Waals surface area contributed by atoms with E-state index < -0.39 is 12.1 Å². The number of benzene rings is 1. The van der Waals surface area contributed by atoms with Crippen molar-refractivity contribution in [2.45, 2.75) is 52.0 Å². The SMILES string of the molecule is COc1cccc(-c2nn(C(C)(C)C)cc2CN[C@@H](C)CN)c1.O=C(O)C(F)(F)F. The molecule has 1 aromatic heterocycles. The first-order valence-corrected chi connectivity index (χ1v) is 9.26. The molecule has 1 heterocycles. The van der Waals surface area contributed by atoms with Crippen LogP contribution in [-0.4, -0.2) is 46.7 Å². The molecule has 2 aromatic rings. The summed E-state index contributed by atoms with van der Waals surface area (Å²) in [6.07, 6.45) is -2.97. The number of aliphatic carboxylic acids is 1. The molecule has 1 aromatic carbocycles. The smallest absolute Gasteiger partial charge is 0.490 e. The lowest BCUT2D eigenvalue weighted by Crippen LogP contribution is -2.32. The number of nitrogens with one attached hydrogen (secondary N) is 1. The summed E-state index contributed by atoms with van der Waals surface area (Å²) in [5, 5.41) is 15.4. The molecule has 0 aliphatic carbocycles. The topological polar surface area (TPSA) is 102 Å². The number of halogens is 3. The van der Waals surface area contributed by atoms with Crippen LogP contribution < -0.4 is 15.8 Å². The van der Waals surface area contributed by atoms with Gasteiger partial charge in [0.05, 0.1) is 18.3 Å². The van der Waals surface area contributed by atoms with Crippen molar-refractivity contribution >= 4 is 5.97 Å². The van der Waals surface area contributed by atoms with Gasteiger partial charge in [0.1, 0.15) is 5.75 Å². The van der Waals surface area contributed by atoms with Gasteiger partial charge in [0.2, 0.25) is 0 Å². The average molecular weight is 430 g/mol. The van der Waals surface area contributed by atoms with E-state index in [9.17, 15) is 13.2 Å². The number of nitrogens with zero attached hydrogens (tertiary/aromatic N) is 2. The lowest BCUT2D eigenvalue weighted by atomic mass is 10.1. The third kappa shape index (κ3) is 7.68. The predicted octanol–water partition coefficient (Wildman–Crippen LogP) is 3.38. The van der Waals surface area contributed by atoms with Crippen LogP contribution in [0.15, 0.2) is 30.5 Å². The molecular formula is C20H29F3N4O3. The minimum absolute atomic E-state index is 0.0641. The Morgan fingerprint density at radius 1 is 1.33 bits per heavy atom. The van der Waals surface area contributed by atoms with Crippen molar-refractivity contribution in [1.29, 1.82) is 0 Å². The highest BCUT2D eigenvalue weighted by atomic mass is 19.4. The molecule has 7 nitrogen and oxygen atoms in total. The predicted molar refractivity (Wildman–Crippen MR) is 108 cm³/mol. The molecule has 1 atom stereocenters. The maximum absolute atomic E-state index is 10.6. The van der Waals surface area contributed by atoms with Crippen LogP contribution in [0.1, 0.15) is 33.3 Å². The van der Waals surface area contributed by atoms with E-state index in [4.69, 9.17) is 25.5 Å². The normalized spacial score (nSPS) is 12.7. The summed E-state index contributed by atoms with van der Waals surface area (Å²) in [5.41, 5.74) is 8.84. The minimum Gasteiger partial charge on any atom is -0.497 e. The first kappa shape index (κ1) is 25.4. The molecule has 168 valence electrons. The van der Waals surface area contributed by atoms with Crippen molar-refractivity contribution < 1.29 is 27.8 Å². The van der Waals surface area contributed by atoms with Gasteiger partial charge < -0.3 is 20.9 Å². The zero-order chi connectivity index (χ0) is 23.1. The molecule has 30 heavy (non-hydrogen) atoms. The summed E-state index contributed by atoms with van der Waals surface area (Å²) < 4.78 is 39.1. The van der Waals surface area contributed by atoms with Crippen molar-refractivity contribution in [3.63, 3.8) is 0 Å². The number of carbonyl (C=O) groups is 1. The van der Waals surface area contributed by atoms with Gasteiger partial charge >= 0.3 is 12.1 Å². The van der Waals surface area contributed by atoms with E-state index in [1.165, 1.54) is 0 Å². The van der Waals surface area contributed by atoms with Gasteiger partial charge in [-0.1, -0.05) is 12.1 Å². The van der Waals surface area contributed by atoms with Crippen molar-refractivity contribution in [3.8, 4) is 17.0 Å². The number of alkyl halides is 3. The molecule has 0 radical (unpaired) electrons. The Morgan fingerprint density at radius 2 is 1.93 bits per heavy atom. The van der Waals surface area contributed by atoms with Crippen LogP contribution >= 0.6 is 0 Å². The summed E-state index contributed by atoms with van der Waals surface area (Å²) in [6, 6.07) is 8.29. The largest absolute Gasteiger partial charge is 0.497 e. The number of rotatable bonds is 6. The molecule has 0 aliphatic heterocycles. The molecule has 4 N–H and O–H groups in total. The van der Waals surface area contributed by atoms with Crippen LogP contribution in [0, 0.1) is 0 Å². The highest BCUT2D eigenvalue weighted by Gasteiger charge is 2.38. The third-order valence-corrected chi connectivity index (χ3v) is 4.06. The fourth-order valence-electron chi connectivity index (χ4n) is 2.26. The summed E-state index contributed by atoms with van der Waals surface area (Å²) in [4.78, 5) is 8.90. The monoisotopic (exact) mass is 430 g/mol. The van der Waals surface area contributed by atoms with E-state index in [1.54, 1.807) is 7.11 Å². The summed E-state index contributed by atoms with van der Waals surface area (Å²) >= 11 is 0. The van der Waals surface area contributed by atoms with E-state index >= 15 is 0 Å². The molecule has 0 spiro atoms. The second kappa shape index (κ2) is 10.4. The zero-order valence-corrected chi connectivity index (χ0v) is 17.7. The van der Waals surface area contributed by atoms with Crippen molar-refractivity contribution in [2.75, 3.05) is 13.7 Å².